The standard InChI is InChI=1S/C16H15N3O3S/c20-13-8-11-4-2-1-3-10(11)7-12(13)15(22)18-19-16(23)17-14(21)9-5-6-9/h1-4,7-9,20H,5-6H2,(H,18,22)(H2,17,19,21,23). The quantitative estimate of drug-likeness (QED) is 0.496. The second-order valence-electron chi connectivity index (χ2n) is 5.39. The summed E-state index contributed by atoms with van der Waals surface area (Å²) in [6, 6.07) is 10.5. The summed E-state index contributed by atoms with van der Waals surface area (Å²) in [6.07, 6.45) is 1.73. The molecule has 7 heteroatoms. The third-order valence-electron chi connectivity index (χ3n) is 3.58. The summed E-state index contributed by atoms with van der Waals surface area (Å²) in [4.78, 5) is 23.7. The van der Waals surface area contributed by atoms with Crippen molar-refractivity contribution in [3.8, 4) is 5.75 Å². The molecule has 118 valence electrons. The number of benzene rings is 2. The minimum atomic E-state index is -0.545. The number of carbonyl (C=O) groups excluding carboxylic acids is 2. The molecule has 0 unspecified atom stereocenters. The average Bonchev–Trinajstić information content (AvgIpc) is 3.36. The summed E-state index contributed by atoms with van der Waals surface area (Å²) >= 11 is 4.94. The van der Waals surface area contributed by atoms with Crippen LogP contribution < -0.4 is 16.2 Å². The lowest BCUT2D eigenvalue weighted by Gasteiger charge is -2.11. The Morgan fingerprint density at radius 2 is 1.74 bits per heavy atom. The first-order chi connectivity index (χ1) is 11.0. The number of thiocarbonyl (C=S) groups is 1. The summed E-state index contributed by atoms with van der Waals surface area (Å²) in [5, 5.41) is 14.2. The highest BCUT2D eigenvalue weighted by Crippen LogP contribution is 2.28. The first kappa shape index (κ1) is 15.2. The molecule has 0 atom stereocenters. The average molecular weight is 329 g/mol. The normalized spacial score (nSPS) is 13.4. The Labute approximate surface area is 137 Å². The molecule has 3 rings (SSSR count). The molecule has 1 saturated carbocycles. The van der Waals surface area contributed by atoms with E-state index < -0.39 is 5.91 Å². The number of aromatic hydroxyl groups is 1. The topological polar surface area (TPSA) is 90.5 Å². The lowest BCUT2D eigenvalue weighted by Crippen LogP contribution is -2.48. The molecule has 0 aliphatic heterocycles. The molecule has 0 bridgehead atoms. The predicted octanol–water partition coefficient (Wildman–Crippen LogP) is 1.59. The molecule has 1 aliphatic carbocycles. The van der Waals surface area contributed by atoms with Crippen LogP contribution in [0.3, 0.4) is 0 Å². The van der Waals surface area contributed by atoms with Gasteiger partial charge in [0.05, 0.1) is 5.56 Å². The van der Waals surface area contributed by atoms with Gasteiger partial charge in [0.25, 0.3) is 5.91 Å². The number of phenolic OH excluding ortho intramolecular Hbond substituents is 1. The fourth-order valence-electron chi connectivity index (χ4n) is 2.18. The second kappa shape index (κ2) is 6.21. The largest absolute Gasteiger partial charge is 0.507 e. The molecule has 4 N–H and O–H groups in total. The highest BCUT2D eigenvalue weighted by Gasteiger charge is 2.30. The van der Waals surface area contributed by atoms with Crippen LogP contribution in [0.4, 0.5) is 0 Å². The van der Waals surface area contributed by atoms with Crippen molar-refractivity contribution >= 4 is 39.9 Å². The zero-order valence-corrected chi connectivity index (χ0v) is 12.9. The number of hydrogen-bond acceptors (Lipinski definition) is 4. The van der Waals surface area contributed by atoms with E-state index in [0.29, 0.717) is 0 Å². The van der Waals surface area contributed by atoms with Gasteiger partial charge >= 0.3 is 0 Å². The monoisotopic (exact) mass is 329 g/mol. The maximum absolute atomic E-state index is 12.1. The molecule has 2 aromatic rings. The zero-order valence-electron chi connectivity index (χ0n) is 12.1. The van der Waals surface area contributed by atoms with E-state index >= 15 is 0 Å². The van der Waals surface area contributed by atoms with E-state index in [-0.39, 0.29) is 28.3 Å². The lowest BCUT2D eigenvalue weighted by atomic mass is 10.1. The summed E-state index contributed by atoms with van der Waals surface area (Å²) in [7, 11) is 0. The molecular weight excluding hydrogens is 314 g/mol. The fourth-order valence-corrected chi connectivity index (χ4v) is 2.33. The van der Waals surface area contributed by atoms with Gasteiger partial charge in [0.15, 0.2) is 5.11 Å². The predicted molar refractivity (Wildman–Crippen MR) is 89.7 cm³/mol. The van der Waals surface area contributed by atoms with Crippen LogP contribution in [0, 0.1) is 5.92 Å². The molecular formula is C16H15N3O3S. The van der Waals surface area contributed by atoms with Crippen LogP contribution in [-0.2, 0) is 4.79 Å². The van der Waals surface area contributed by atoms with Gasteiger partial charge in [0, 0.05) is 5.92 Å². The van der Waals surface area contributed by atoms with Crippen molar-refractivity contribution in [2.24, 2.45) is 5.92 Å². The van der Waals surface area contributed by atoms with E-state index in [0.717, 1.165) is 23.6 Å². The highest BCUT2D eigenvalue weighted by atomic mass is 32.1. The number of carbonyl (C=O) groups is 2. The third kappa shape index (κ3) is 3.57. The molecule has 0 heterocycles. The number of hydrogen-bond donors (Lipinski definition) is 4. The van der Waals surface area contributed by atoms with E-state index in [1.807, 2.05) is 24.3 Å². The van der Waals surface area contributed by atoms with Gasteiger partial charge in [0.1, 0.15) is 5.75 Å². The zero-order chi connectivity index (χ0) is 16.4. The van der Waals surface area contributed by atoms with E-state index in [4.69, 9.17) is 12.2 Å². The van der Waals surface area contributed by atoms with Crippen molar-refractivity contribution in [2.45, 2.75) is 12.8 Å². The molecule has 2 amide bonds. The van der Waals surface area contributed by atoms with Gasteiger partial charge in [-0.1, -0.05) is 24.3 Å². The Balaban J connectivity index is 1.64. The number of amides is 2. The van der Waals surface area contributed by atoms with Crippen molar-refractivity contribution in [1.82, 2.24) is 16.2 Å². The van der Waals surface area contributed by atoms with Crippen molar-refractivity contribution in [3.63, 3.8) is 0 Å². The molecule has 23 heavy (non-hydrogen) atoms. The Kier molecular flexibility index (Phi) is 4.12. The maximum atomic E-state index is 12.1. The first-order valence-electron chi connectivity index (χ1n) is 7.17. The van der Waals surface area contributed by atoms with Crippen LogP contribution in [0.25, 0.3) is 10.8 Å². The van der Waals surface area contributed by atoms with Crippen LogP contribution in [0.2, 0.25) is 0 Å². The van der Waals surface area contributed by atoms with E-state index in [9.17, 15) is 14.7 Å². The summed E-state index contributed by atoms with van der Waals surface area (Å²) in [5.74, 6) is -0.799. The summed E-state index contributed by atoms with van der Waals surface area (Å²) in [6.45, 7) is 0. The molecule has 0 saturated heterocycles. The Morgan fingerprint density at radius 3 is 2.39 bits per heavy atom. The third-order valence-corrected chi connectivity index (χ3v) is 3.79. The van der Waals surface area contributed by atoms with Gasteiger partial charge < -0.3 is 10.4 Å². The van der Waals surface area contributed by atoms with Crippen molar-refractivity contribution in [1.29, 1.82) is 0 Å². The fraction of sp³-hybridized carbons (Fsp3) is 0.188. The van der Waals surface area contributed by atoms with Crippen molar-refractivity contribution in [2.75, 3.05) is 0 Å². The van der Waals surface area contributed by atoms with Crippen LogP contribution in [-0.4, -0.2) is 22.0 Å². The molecule has 1 aliphatic rings. The molecule has 2 aromatic carbocycles. The Morgan fingerprint density at radius 1 is 1.09 bits per heavy atom. The van der Waals surface area contributed by atoms with Crippen LogP contribution in [0.5, 0.6) is 5.75 Å². The second-order valence-corrected chi connectivity index (χ2v) is 5.80. The van der Waals surface area contributed by atoms with Gasteiger partial charge in [-0.05, 0) is 48.0 Å². The van der Waals surface area contributed by atoms with E-state index in [2.05, 4.69) is 16.2 Å². The maximum Gasteiger partial charge on any atom is 0.273 e. The number of nitrogens with one attached hydrogen (secondary N) is 3. The molecule has 0 spiro atoms. The van der Waals surface area contributed by atoms with Crippen molar-refractivity contribution < 1.29 is 14.7 Å². The van der Waals surface area contributed by atoms with Crippen LogP contribution in [0.15, 0.2) is 36.4 Å². The Bertz CT molecular complexity index is 802. The van der Waals surface area contributed by atoms with Gasteiger partial charge in [-0.3, -0.25) is 20.4 Å². The highest BCUT2D eigenvalue weighted by molar-refractivity contribution is 7.80. The Hall–Kier alpha value is -2.67. The van der Waals surface area contributed by atoms with Gasteiger partial charge in [-0.25, -0.2) is 0 Å². The van der Waals surface area contributed by atoms with E-state index in [1.165, 1.54) is 6.07 Å². The van der Waals surface area contributed by atoms with Gasteiger partial charge in [-0.2, -0.15) is 0 Å². The first-order valence-corrected chi connectivity index (χ1v) is 7.58. The number of fused-ring (bicyclic) bond motifs is 1. The molecule has 1 fully saturated rings. The number of phenols is 1. The summed E-state index contributed by atoms with van der Waals surface area (Å²) < 4.78 is 0. The number of rotatable bonds is 2. The lowest BCUT2D eigenvalue weighted by molar-refractivity contribution is -0.120. The molecule has 0 aromatic heterocycles. The van der Waals surface area contributed by atoms with E-state index in [1.54, 1.807) is 6.07 Å². The minimum Gasteiger partial charge on any atom is -0.507 e. The van der Waals surface area contributed by atoms with Crippen LogP contribution >= 0.6 is 12.2 Å². The minimum absolute atomic E-state index is 0.0231. The smallest absolute Gasteiger partial charge is 0.273 e. The molecule has 0 radical (unpaired) electrons. The molecule has 6 nitrogen and oxygen atoms in total. The van der Waals surface area contributed by atoms with Gasteiger partial charge in [-0.15, -0.1) is 0 Å². The SMILES string of the molecule is O=C(NNC(=S)NC(=O)C1CC1)c1cc2ccccc2cc1O. The van der Waals surface area contributed by atoms with Crippen molar-refractivity contribution in [3.05, 3.63) is 42.0 Å². The van der Waals surface area contributed by atoms with Crippen LogP contribution in [0.1, 0.15) is 23.2 Å². The summed E-state index contributed by atoms with van der Waals surface area (Å²) in [5.41, 5.74) is 4.94. The van der Waals surface area contributed by atoms with Gasteiger partial charge in [0.2, 0.25) is 5.91 Å². The number of hydrazine groups is 1.